The van der Waals surface area contributed by atoms with Crippen molar-refractivity contribution in [1.29, 1.82) is 0 Å². The van der Waals surface area contributed by atoms with Crippen molar-refractivity contribution in [3.63, 3.8) is 0 Å². The summed E-state index contributed by atoms with van der Waals surface area (Å²) in [7, 11) is 0. The highest BCUT2D eigenvalue weighted by molar-refractivity contribution is 5.37. The summed E-state index contributed by atoms with van der Waals surface area (Å²) in [5, 5.41) is 3.76. The van der Waals surface area contributed by atoms with Crippen LogP contribution in [0.2, 0.25) is 0 Å². The summed E-state index contributed by atoms with van der Waals surface area (Å²) in [6.45, 7) is 5.59. The molecule has 1 saturated carbocycles. The Labute approximate surface area is 127 Å². The van der Waals surface area contributed by atoms with Crippen LogP contribution in [-0.2, 0) is 6.42 Å². The molecule has 21 heavy (non-hydrogen) atoms. The maximum atomic E-state index is 4.98. The van der Waals surface area contributed by atoms with E-state index in [4.69, 9.17) is 4.98 Å². The Balaban J connectivity index is 1.61. The lowest BCUT2D eigenvalue weighted by atomic mass is 9.98. The first-order valence-electron chi connectivity index (χ1n) is 8.89. The molecule has 116 valence electrons. The van der Waals surface area contributed by atoms with Crippen LogP contribution in [0.15, 0.2) is 6.20 Å². The van der Waals surface area contributed by atoms with Crippen molar-refractivity contribution in [2.45, 2.75) is 83.0 Å². The second kappa shape index (κ2) is 5.31. The number of piperidine rings is 1. The van der Waals surface area contributed by atoms with Gasteiger partial charge in [-0.3, -0.25) is 0 Å². The predicted octanol–water partition coefficient (Wildman–Crippen LogP) is 2.89. The van der Waals surface area contributed by atoms with Gasteiger partial charge < -0.3 is 14.8 Å². The van der Waals surface area contributed by atoms with Gasteiger partial charge in [-0.25, -0.2) is 4.98 Å². The molecule has 1 N–H and O–H groups in total. The lowest BCUT2D eigenvalue weighted by Crippen LogP contribution is -2.49. The minimum Gasteiger partial charge on any atom is -0.339 e. The first-order chi connectivity index (χ1) is 10.3. The minimum atomic E-state index is 0.679. The van der Waals surface area contributed by atoms with Crippen molar-refractivity contribution in [3.05, 3.63) is 11.9 Å². The van der Waals surface area contributed by atoms with Crippen LogP contribution in [0.3, 0.4) is 0 Å². The van der Waals surface area contributed by atoms with Crippen LogP contribution in [-0.4, -0.2) is 34.2 Å². The molecule has 0 radical (unpaired) electrons. The molecule has 2 aliphatic heterocycles. The first-order valence-corrected chi connectivity index (χ1v) is 8.89. The van der Waals surface area contributed by atoms with Crippen molar-refractivity contribution in [3.8, 4) is 0 Å². The largest absolute Gasteiger partial charge is 0.339 e. The number of aryl methyl sites for hydroxylation is 1. The van der Waals surface area contributed by atoms with E-state index in [1.807, 2.05) is 0 Å². The lowest BCUT2D eigenvalue weighted by Gasteiger charge is -2.38. The number of nitrogens with zero attached hydrogens (tertiary/aromatic N) is 3. The minimum absolute atomic E-state index is 0.679. The summed E-state index contributed by atoms with van der Waals surface area (Å²) in [4.78, 5) is 7.58. The Kier molecular flexibility index (Phi) is 3.44. The fourth-order valence-corrected chi connectivity index (χ4v) is 4.28. The average molecular weight is 288 g/mol. The summed E-state index contributed by atoms with van der Waals surface area (Å²) in [5.74, 6) is 1.25. The van der Waals surface area contributed by atoms with Crippen LogP contribution >= 0.6 is 0 Å². The van der Waals surface area contributed by atoms with Crippen molar-refractivity contribution in [2.75, 3.05) is 11.4 Å². The van der Waals surface area contributed by atoms with Crippen molar-refractivity contribution < 1.29 is 0 Å². The molecule has 2 unspecified atom stereocenters. The summed E-state index contributed by atoms with van der Waals surface area (Å²) < 4.78 is 2.48. The molecular weight excluding hydrogens is 260 g/mol. The lowest BCUT2D eigenvalue weighted by molar-refractivity contribution is 0.345. The normalized spacial score (nSPS) is 31.6. The zero-order chi connectivity index (χ0) is 14.4. The van der Waals surface area contributed by atoms with Crippen LogP contribution in [0.25, 0.3) is 0 Å². The number of imidazole rings is 1. The van der Waals surface area contributed by atoms with Gasteiger partial charge in [-0.05, 0) is 51.9 Å². The van der Waals surface area contributed by atoms with Crippen molar-refractivity contribution in [1.82, 2.24) is 14.9 Å². The topological polar surface area (TPSA) is 33.1 Å². The van der Waals surface area contributed by atoms with E-state index in [-0.39, 0.29) is 0 Å². The van der Waals surface area contributed by atoms with Gasteiger partial charge in [-0.1, -0.05) is 6.92 Å². The average Bonchev–Trinajstić information content (AvgIpc) is 3.18. The van der Waals surface area contributed by atoms with Gasteiger partial charge in [0.05, 0.1) is 5.69 Å². The molecule has 2 bridgehead atoms. The van der Waals surface area contributed by atoms with E-state index in [0.29, 0.717) is 6.04 Å². The van der Waals surface area contributed by atoms with Crippen LogP contribution in [0.1, 0.15) is 64.1 Å². The van der Waals surface area contributed by atoms with E-state index in [2.05, 4.69) is 34.8 Å². The number of nitrogens with one attached hydrogen (secondary N) is 1. The SMILES string of the molecule is CCc1cn(C2CC2)c(N(CC)C2CC3CCC(C2)N3)n1. The summed E-state index contributed by atoms with van der Waals surface area (Å²) in [6, 6.07) is 2.90. The highest BCUT2D eigenvalue weighted by atomic mass is 15.3. The van der Waals surface area contributed by atoms with Gasteiger partial charge in [0.2, 0.25) is 5.95 Å². The molecule has 3 fully saturated rings. The smallest absolute Gasteiger partial charge is 0.206 e. The number of anilines is 1. The molecule has 3 aliphatic rings. The van der Waals surface area contributed by atoms with Crippen LogP contribution in [0.4, 0.5) is 5.95 Å². The van der Waals surface area contributed by atoms with E-state index < -0.39 is 0 Å². The van der Waals surface area contributed by atoms with Gasteiger partial charge in [0.15, 0.2) is 0 Å². The molecule has 0 spiro atoms. The van der Waals surface area contributed by atoms with Gasteiger partial charge in [-0.2, -0.15) is 0 Å². The highest BCUT2D eigenvalue weighted by Gasteiger charge is 2.38. The molecular formula is C17H28N4. The zero-order valence-corrected chi connectivity index (χ0v) is 13.4. The molecule has 1 aliphatic carbocycles. The standard InChI is InChI=1S/C17H28N4/c1-3-12-11-21(15-7-8-15)17(19-12)20(4-2)16-9-13-5-6-14(10-16)18-13/h11,13-16,18H,3-10H2,1-2H3. The van der Waals surface area contributed by atoms with Gasteiger partial charge in [-0.15, -0.1) is 0 Å². The fourth-order valence-electron chi connectivity index (χ4n) is 4.28. The molecule has 4 heteroatoms. The zero-order valence-electron chi connectivity index (χ0n) is 13.4. The Morgan fingerprint density at radius 3 is 2.48 bits per heavy atom. The third-order valence-electron chi connectivity index (χ3n) is 5.55. The third-order valence-corrected chi connectivity index (χ3v) is 5.55. The van der Waals surface area contributed by atoms with E-state index >= 15 is 0 Å². The molecule has 2 saturated heterocycles. The van der Waals surface area contributed by atoms with Crippen molar-refractivity contribution in [2.24, 2.45) is 0 Å². The first kappa shape index (κ1) is 13.6. The van der Waals surface area contributed by atoms with E-state index in [0.717, 1.165) is 31.1 Å². The number of rotatable bonds is 5. The van der Waals surface area contributed by atoms with Gasteiger partial charge in [0.1, 0.15) is 0 Å². The molecule has 0 aromatic carbocycles. The second-order valence-corrected chi connectivity index (χ2v) is 7.07. The number of hydrogen-bond acceptors (Lipinski definition) is 3. The molecule has 4 nitrogen and oxygen atoms in total. The summed E-state index contributed by atoms with van der Waals surface area (Å²) in [5.41, 5.74) is 1.26. The van der Waals surface area contributed by atoms with Gasteiger partial charge >= 0.3 is 0 Å². The molecule has 1 aromatic rings. The van der Waals surface area contributed by atoms with E-state index in [1.54, 1.807) is 0 Å². The maximum absolute atomic E-state index is 4.98. The fraction of sp³-hybridized carbons (Fsp3) is 0.824. The summed E-state index contributed by atoms with van der Waals surface area (Å²) >= 11 is 0. The van der Waals surface area contributed by atoms with Crippen LogP contribution in [0.5, 0.6) is 0 Å². The highest BCUT2D eigenvalue weighted by Crippen LogP contribution is 2.40. The number of aromatic nitrogens is 2. The van der Waals surface area contributed by atoms with Gasteiger partial charge in [0, 0.05) is 36.9 Å². The van der Waals surface area contributed by atoms with Crippen LogP contribution in [0, 0.1) is 0 Å². The van der Waals surface area contributed by atoms with Gasteiger partial charge in [0.25, 0.3) is 0 Å². The van der Waals surface area contributed by atoms with Crippen LogP contribution < -0.4 is 10.2 Å². The molecule has 3 heterocycles. The molecule has 1 aromatic heterocycles. The quantitative estimate of drug-likeness (QED) is 0.904. The maximum Gasteiger partial charge on any atom is 0.206 e. The predicted molar refractivity (Wildman–Crippen MR) is 85.9 cm³/mol. The molecule has 0 amide bonds. The Hall–Kier alpha value is -1.03. The second-order valence-electron chi connectivity index (χ2n) is 7.07. The van der Waals surface area contributed by atoms with E-state index in [9.17, 15) is 0 Å². The summed E-state index contributed by atoms with van der Waals surface area (Å²) in [6.07, 6.45) is 11.4. The molecule has 2 atom stereocenters. The Morgan fingerprint density at radius 1 is 1.19 bits per heavy atom. The molecule has 4 rings (SSSR count). The van der Waals surface area contributed by atoms with Crippen molar-refractivity contribution >= 4 is 5.95 Å². The Morgan fingerprint density at radius 2 is 1.90 bits per heavy atom. The third kappa shape index (κ3) is 2.48. The number of fused-ring (bicyclic) bond motifs is 2. The van der Waals surface area contributed by atoms with E-state index in [1.165, 1.54) is 50.2 Å². The monoisotopic (exact) mass is 288 g/mol. The number of hydrogen-bond donors (Lipinski definition) is 1. The Bertz CT molecular complexity index is 493.